The molecule has 6 nitrogen and oxygen atoms in total. The van der Waals surface area contributed by atoms with Gasteiger partial charge < -0.3 is 15.4 Å². The highest BCUT2D eigenvalue weighted by atomic mass is 35.5. The van der Waals surface area contributed by atoms with Crippen LogP contribution in [0.4, 0.5) is 5.69 Å². The lowest BCUT2D eigenvalue weighted by atomic mass is 10.2. The summed E-state index contributed by atoms with van der Waals surface area (Å²) in [5, 5.41) is 12.4. The number of rotatable bonds is 3. The average molecular weight is 245 g/mol. The minimum absolute atomic E-state index is 0.131. The Bertz CT molecular complexity index is 403. The molecular weight excluding hydrogens is 232 g/mol. The van der Waals surface area contributed by atoms with E-state index in [0.29, 0.717) is 18.8 Å². The van der Waals surface area contributed by atoms with Gasteiger partial charge in [-0.25, -0.2) is 5.10 Å². The number of aromatic amines is 1. The largest absolute Gasteiger partial charge is 0.381 e. The second-order valence-corrected chi connectivity index (χ2v) is 3.91. The first-order valence-corrected chi connectivity index (χ1v) is 5.43. The molecule has 1 unspecified atom stereocenters. The maximum absolute atomic E-state index is 11.2. The highest BCUT2D eigenvalue weighted by Crippen LogP contribution is 2.14. The van der Waals surface area contributed by atoms with Gasteiger partial charge in [-0.3, -0.25) is 4.79 Å². The molecule has 0 spiro atoms. The van der Waals surface area contributed by atoms with Gasteiger partial charge in [0, 0.05) is 19.1 Å². The molecular formula is C9H13ClN4O2. The van der Waals surface area contributed by atoms with E-state index in [1.165, 1.54) is 6.20 Å². The summed E-state index contributed by atoms with van der Waals surface area (Å²) in [4.78, 5) is 11.2. The van der Waals surface area contributed by atoms with Gasteiger partial charge in [0.15, 0.2) is 0 Å². The fourth-order valence-corrected chi connectivity index (χ4v) is 1.65. The third-order valence-corrected chi connectivity index (χ3v) is 2.71. The molecule has 2 rings (SSSR count). The Morgan fingerprint density at radius 2 is 2.56 bits per heavy atom. The van der Waals surface area contributed by atoms with E-state index in [4.69, 9.17) is 16.3 Å². The Balaban J connectivity index is 1.93. The first kappa shape index (κ1) is 11.4. The van der Waals surface area contributed by atoms with Gasteiger partial charge in [-0.2, -0.15) is 5.10 Å². The Labute approximate surface area is 97.3 Å². The number of hydrogen-bond donors (Lipinski definition) is 3. The van der Waals surface area contributed by atoms with Gasteiger partial charge in [0.2, 0.25) is 0 Å². The van der Waals surface area contributed by atoms with Gasteiger partial charge in [-0.05, 0) is 0 Å². The van der Waals surface area contributed by atoms with Gasteiger partial charge in [0.05, 0.1) is 25.1 Å². The Morgan fingerprint density at radius 3 is 3.31 bits per heavy atom. The summed E-state index contributed by atoms with van der Waals surface area (Å²) in [5.74, 6) is 0. The van der Waals surface area contributed by atoms with E-state index in [-0.39, 0.29) is 16.6 Å². The topological polar surface area (TPSA) is 79.0 Å². The van der Waals surface area contributed by atoms with E-state index in [1.54, 1.807) is 0 Å². The van der Waals surface area contributed by atoms with Gasteiger partial charge in [-0.15, -0.1) is 0 Å². The summed E-state index contributed by atoms with van der Waals surface area (Å²) in [6.45, 7) is 2.88. The van der Waals surface area contributed by atoms with Crippen molar-refractivity contribution in [3.05, 3.63) is 21.6 Å². The summed E-state index contributed by atoms with van der Waals surface area (Å²) in [5.41, 5.74) is 0.150. The van der Waals surface area contributed by atoms with E-state index in [1.807, 2.05) is 0 Å². The zero-order chi connectivity index (χ0) is 11.4. The summed E-state index contributed by atoms with van der Waals surface area (Å²) in [6, 6.07) is 0.226. The highest BCUT2D eigenvalue weighted by molar-refractivity contribution is 6.32. The summed E-state index contributed by atoms with van der Waals surface area (Å²) < 4.78 is 5.31. The molecule has 7 heteroatoms. The van der Waals surface area contributed by atoms with Gasteiger partial charge in [0.25, 0.3) is 5.56 Å². The lowest BCUT2D eigenvalue weighted by Gasteiger charge is -2.24. The van der Waals surface area contributed by atoms with Crippen molar-refractivity contribution in [3.8, 4) is 0 Å². The van der Waals surface area contributed by atoms with Crippen molar-refractivity contribution in [2.24, 2.45) is 0 Å². The van der Waals surface area contributed by atoms with Crippen molar-refractivity contribution in [2.75, 3.05) is 31.6 Å². The molecule has 0 radical (unpaired) electrons. The van der Waals surface area contributed by atoms with Crippen LogP contribution in [0.15, 0.2) is 11.0 Å². The first-order chi connectivity index (χ1) is 7.77. The number of H-pyrrole nitrogens is 1. The van der Waals surface area contributed by atoms with E-state index < -0.39 is 0 Å². The molecule has 0 aromatic carbocycles. The third kappa shape index (κ3) is 2.72. The number of anilines is 1. The van der Waals surface area contributed by atoms with E-state index in [9.17, 15) is 4.79 Å². The Kier molecular flexibility index (Phi) is 3.76. The molecule has 2 heterocycles. The van der Waals surface area contributed by atoms with Crippen LogP contribution in [0, 0.1) is 0 Å². The monoisotopic (exact) mass is 244 g/mol. The first-order valence-electron chi connectivity index (χ1n) is 5.05. The molecule has 88 valence electrons. The van der Waals surface area contributed by atoms with Crippen LogP contribution in [0.3, 0.4) is 0 Å². The zero-order valence-electron chi connectivity index (χ0n) is 8.62. The van der Waals surface area contributed by atoms with Crippen molar-refractivity contribution in [1.29, 1.82) is 0 Å². The molecule has 1 atom stereocenters. The standard InChI is InChI=1S/C9H13ClN4O2/c10-8-7(4-13-14-9(8)15)12-3-6-5-16-2-1-11-6/h4,6,11H,1-3,5H2,(H2,12,14,15). The Hall–Kier alpha value is -1.11. The molecule has 1 aliphatic heterocycles. The molecule has 1 aromatic heterocycles. The van der Waals surface area contributed by atoms with Crippen LogP contribution in [-0.4, -0.2) is 42.5 Å². The molecule has 0 bridgehead atoms. The second kappa shape index (κ2) is 5.29. The lowest BCUT2D eigenvalue weighted by molar-refractivity contribution is 0.0806. The van der Waals surface area contributed by atoms with E-state index in [0.717, 1.165) is 13.2 Å². The van der Waals surface area contributed by atoms with Crippen LogP contribution in [0.1, 0.15) is 0 Å². The molecule has 1 saturated heterocycles. The normalized spacial score (nSPS) is 20.7. The fourth-order valence-electron chi connectivity index (χ4n) is 1.49. The van der Waals surface area contributed by atoms with Gasteiger partial charge >= 0.3 is 0 Å². The maximum atomic E-state index is 11.2. The molecule has 0 aliphatic carbocycles. The minimum Gasteiger partial charge on any atom is -0.381 e. The van der Waals surface area contributed by atoms with Crippen molar-refractivity contribution in [2.45, 2.75) is 6.04 Å². The van der Waals surface area contributed by atoms with Crippen LogP contribution in [-0.2, 0) is 4.74 Å². The van der Waals surface area contributed by atoms with Crippen LogP contribution < -0.4 is 16.2 Å². The predicted octanol–water partition coefficient (Wildman–Crippen LogP) is -0.176. The number of nitrogens with zero attached hydrogens (tertiary/aromatic N) is 1. The molecule has 1 aromatic rings. The summed E-state index contributed by atoms with van der Waals surface area (Å²) in [7, 11) is 0. The minimum atomic E-state index is -0.389. The fraction of sp³-hybridized carbons (Fsp3) is 0.556. The zero-order valence-corrected chi connectivity index (χ0v) is 9.38. The third-order valence-electron chi connectivity index (χ3n) is 2.33. The Morgan fingerprint density at radius 1 is 1.69 bits per heavy atom. The summed E-state index contributed by atoms with van der Waals surface area (Å²) in [6.07, 6.45) is 1.49. The highest BCUT2D eigenvalue weighted by Gasteiger charge is 2.13. The van der Waals surface area contributed by atoms with E-state index in [2.05, 4.69) is 20.8 Å². The quantitative estimate of drug-likeness (QED) is 0.688. The number of nitrogens with one attached hydrogen (secondary N) is 3. The number of morpholine rings is 1. The number of hydrogen-bond acceptors (Lipinski definition) is 5. The van der Waals surface area contributed by atoms with Crippen LogP contribution in [0.2, 0.25) is 5.02 Å². The molecule has 0 saturated carbocycles. The van der Waals surface area contributed by atoms with Crippen LogP contribution >= 0.6 is 11.6 Å². The smallest absolute Gasteiger partial charge is 0.285 e. The average Bonchev–Trinajstić information content (AvgIpc) is 2.32. The molecule has 1 fully saturated rings. The SMILES string of the molecule is O=c1[nH]ncc(NCC2COCCN2)c1Cl. The number of halogens is 1. The second-order valence-electron chi connectivity index (χ2n) is 3.53. The van der Waals surface area contributed by atoms with Crippen LogP contribution in [0.5, 0.6) is 0 Å². The summed E-state index contributed by atoms with van der Waals surface area (Å²) >= 11 is 5.81. The van der Waals surface area contributed by atoms with Crippen LogP contribution in [0.25, 0.3) is 0 Å². The molecule has 0 amide bonds. The number of ether oxygens (including phenoxy) is 1. The molecule has 16 heavy (non-hydrogen) atoms. The van der Waals surface area contributed by atoms with Crippen molar-refractivity contribution < 1.29 is 4.74 Å². The van der Waals surface area contributed by atoms with Crippen molar-refractivity contribution >= 4 is 17.3 Å². The van der Waals surface area contributed by atoms with Gasteiger partial charge in [0.1, 0.15) is 5.02 Å². The van der Waals surface area contributed by atoms with Gasteiger partial charge in [-0.1, -0.05) is 11.6 Å². The maximum Gasteiger partial charge on any atom is 0.285 e. The van der Waals surface area contributed by atoms with Crippen molar-refractivity contribution in [3.63, 3.8) is 0 Å². The number of aromatic nitrogens is 2. The molecule has 3 N–H and O–H groups in total. The van der Waals surface area contributed by atoms with E-state index >= 15 is 0 Å². The predicted molar refractivity (Wildman–Crippen MR) is 61.0 cm³/mol. The van der Waals surface area contributed by atoms with Crippen molar-refractivity contribution in [1.82, 2.24) is 15.5 Å². The molecule has 1 aliphatic rings. The lowest BCUT2D eigenvalue weighted by Crippen LogP contribution is -2.45.